The summed E-state index contributed by atoms with van der Waals surface area (Å²) in [5.41, 5.74) is 0.500. The second kappa shape index (κ2) is 7.77. The molecule has 0 aliphatic heterocycles. The molecule has 0 aromatic rings. The molecule has 1 heteroatoms. The lowest BCUT2D eigenvalue weighted by Crippen LogP contribution is -1.93. The van der Waals surface area contributed by atoms with Crippen molar-refractivity contribution in [3.8, 4) is 0 Å². The SMILES string of the molecule is C.CC(C)(C)C.CCC(C)=O. The van der Waals surface area contributed by atoms with Crippen LogP contribution in [0.1, 0.15) is 55.4 Å². The zero-order valence-corrected chi connectivity index (χ0v) is 8.12. The molecule has 0 bridgehead atoms. The number of hydrogen-bond acceptors (Lipinski definition) is 1. The van der Waals surface area contributed by atoms with E-state index in [4.69, 9.17) is 0 Å². The van der Waals surface area contributed by atoms with Crippen molar-refractivity contribution < 1.29 is 4.79 Å². The van der Waals surface area contributed by atoms with Gasteiger partial charge < -0.3 is 4.79 Å². The minimum Gasteiger partial charge on any atom is -0.300 e. The Kier molecular flexibility index (Phi) is 12.0. The van der Waals surface area contributed by atoms with Crippen molar-refractivity contribution in [1.82, 2.24) is 0 Å². The van der Waals surface area contributed by atoms with Gasteiger partial charge in [0, 0.05) is 6.42 Å². The molecular formula is C10H24O. The predicted octanol–water partition coefficient (Wildman–Crippen LogP) is 3.67. The van der Waals surface area contributed by atoms with Crippen LogP contribution >= 0.6 is 0 Å². The van der Waals surface area contributed by atoms with Crippen molar-refractivity contribution in [2.24, 2.45) is 5.41 Å². The van der Waals surface area contributed by atoms with Gasteiger partial charge in [-0.05, 0) is 12.3 Å². The van der Waals surface area contributed by atoms with Gasteiger partial charge in [-0.1, -0.05) is 42.0 Å². The maximum atomic E-state index is 9.81. The van der Waals surface area contributed by atoms with Gasteiger partial charge >= 0.3 is 0 Å². The maximum absolute atomic E-state index is 9.81. The highest BCUT2D eigenvalue weighted by Gasteiger charge is 1.95. The molecule has 0 heterocycles. The van der Waals surface area contributed by atoms with Crippen molar-refractivity contribution in [1.29, 1.82) is 0 Å². The van der Waals surface area contributed by atoms with Crippen LogP contribution in [-0.4, -0.2) is 5.78 Å². The monoisotopic (exact) mass is 160 g/mol. The zero-order chi connectivity index (χ0) is 8.78. The van der Waals surface area contributed by atoms with Gasteiger partial charge in [0.2, 0.25) is 0 Å². The molecule has 0 rings (SSSR count). The Bertz CT molecular complexity index is 81.5. The van der Waals surface area contributed by atoms with Crippen LogP contribution in [0, 0.1) is 5.41 Å². The second-order valence-electron chi connectivity index (χ2n) is 4.06. The molecule has 0 fully saturated rings. The van der Waals surface area contributed by atoms with Crippen LogP contribution in [0.2, 0.25) is 0 Å². The summed E-state index contributed by atoms with van der Waals surface area (Å²) in [7, 11) is 0. The second-order valence-corrected chi connectivity index (χ2v) is 4.06. The molecule has 0 aliphatic rings. The van der Waals surface area contributed by atoms with E-state index in [1.165, 1.54) is 0 Å². The Hall–Kier alpha value is -0.330. The van der Waals surface area contributed by atoms with Gasteiger partial charge in [-0.25, -0.2) is 0 Å². The van der Waals surface area contributed by atoms with E-state index in [-0.39, 0.29) is 13.2 Å². The lowest BCUT2D eigenvalue weighted by atomic mass is 10.0. The molecule has 70 valence electrons. The first-order chi connectivity index (χ1) is 4.27. The van der Waals surface area contributed by atoms with E-state index in [9.17, 15) is 4.79 Å². The molecule has 0 atom stereocenters. The predicted molar refractivity (Wildman–Crippen MR) is 52.8 cm³/mol. The van der Waals surface area contributed by atoms with Crippen LogP contribution in [0.25, 0.3) is 0 Å². The first kappa shape index (κ1) is 17.0. The van der Waals surface area contributed by atoms with E-state index in [1.807, 2.05) is 6.92 Å². The largest absolute Gasteiger partial charge is 0.300 e. The molecule has 0 aliphatic carbocycles. The quantitative estimate of drug-likeness (QED) is 0.572. The van der Waals surface area contributed by atoms with Gasteiger partial charge in [0.15, 0.2) is 0 Å². The third kappa shape index (κ3) is 204. The number of Topliss-reactive ketones (excluding diaryl/α,β-unsaturated/α-hetero) is 1. The van der Waals surface area contributed by atoms with E-state index in [2.05, 4.69) is 27.7 Å². The van der Waals surface area contributed by atoms with E-state index in [0.29, 0.717) is 11.8 Å². The molecule has 0 amide bonds. The fraction of sp³-hybridized carbons (Fsp3) is 0.900. The van der Waals surface area contributed by atoms with Crippen molar-refractivity contribution >= 4 is 5.78 Å². The Morgan fingerprint density at radius 1 is 1.18 bits per heavy atom. The van der Waals surface area contributed by atoms with Crippen molar-refractivity contribution in [3.05, 3.63) is 0 Å². The Balaban J connectivity index is -0.000000107. The van der Waals surface area contributed by atoms with Gasteiger partial charge in [-0.3, -0.25) is 0 Å². The maximum Gasteiger partial charge on any atom is 0.129 e. The van der Waals surface area contributed by atoms with E-state index < -0.39 is 0 Å². The average Bonchev–Trinajstić information content (AvgIpc) is 1.61. The van der Waals surface area contributed by atoms with E-state index >= 15 is 0 Å². The lowest BCUT2D eigenvalue weighted by molar-refractivity contribution is -0.116. The van der Waals surface area contributed by atoms with Gasteiger partial charge in [0.1, 0.15) is 5.78 Å². The van der Waals surface area contributed by atoms with Gasteiger partial charge in [-0.2, -0.15) is 0 Å². The third-order valence-electron chi connectivity index (χ3n) is 0.498. The van der Waals surface area contributed by atoms with Crippen LogP contribution < -0.4 is 0 Å². The summed E-state index contributed by atoms with van der Waals surface area (Å²) in [6.45, 7) is 12.2. The summed E-state index contributed by atoms with van der Waals surface area (Å²) < 4.78 is 0. The summed E-state index contributed by atoms with van der Waals surface area (Å²) >= 11 is 0. The normalized spacial score (nSPS) is 8.91. The first-order valence-electron chi connectivity index (χ1n) is 3.76. The Labute approximate surface area is 72.2 Å². The number of ketones is 1. The Morgan fingerprint density at radius 2 is 1.27 bits per heavy atom. The van der Waals surface area contributed by atoms with Crippen LogP contribution in [-0.2, 0) is 4.79 Å². The molecule has 11 heavy (non-hydrogen) atoms. The van der Waals surface area contributed by atoms with Crippen molar-refractivity contribution in [2.75, 3.05) is 0 Å². The summed E-state index contributed by atoms with van der Waals surface area (Å²) in [6, 6.07) is 0. The molecule has 0 unspecified atom stereocenters. The summed E-state index contributed by atoms with van der Waals surface area (Å²) in [5.74, 6) is 0.255. The molecule has 0 N–H and O–H groups in total. The molecule has 0 radical (unpaired) electrons. The van der Waals surface area contributed by atoms with Crippen LogP contribution in [0.3, 0.4) is 0 Å². The molecular weight excluding hydrogens is 136 g/mol. The van der Waals surface area contributed by atoms with Crippen LogP contribution in [0.15, 0.2) is 0 Å². The zero-order valence-electron chi connectivity index (χ0n) is 8.12. The van der Waals surface area contributed by atoms with E-state index in [1.54, 1.807) is 6.92 Å². The third-order valence-corrected chi connectivity index (χ3v) is 0.498. The fourth-order valence-electron chi connectivity index (χ4n) is 0. The Morgan fingerprint density at radius 3 is 1.27 bits per heavy atom. The first-order valence-corrected chi connectivity index (χ1v) is 3.76. The standard InChI is InChI=1S/C5H12.C4H8O.CH4/c1-5(2,3)4;1-3-4(2)5;/h1-4H3;3H2,1-2H3;1H4. The number of hydrogen-bond donors (Lipinski definition) is 0. The molecule has 0 saturated carbocycles. The van der Waals surface area contributed by atoms with Crippen LogP contribution in [0.4, 0.5) is 0 Å². The van der Waals surface area contributed by atoms with Crippen molar-refractivity contribution in [2.45, 2.75) is 55.4 Å². The number of rotatable bonds is 1. The fourth-order valence-corrected chi connectivity index (χ4v) is 0. The smallest absolute Gasteiger partial charge is 0.129 e. The summed E-state index contributed by atoms with van der Waals surface area (Å²) in [4.78, 5) is 9.81. The van der Waals surface area contributed by atoms with Gasteiger partial charge in [0.05, 0.1) is 0 Å². The number of carbonyl (C=O) groups excluding carboxylic acids is 1. The highest BCUT2D eigenvalue weighted by Crippen LogP contribution is 2.07. The van der Waals surface area contributed by atoms with E-state index in [0.717, 1.165) is 0 Å². The summed E-state index contributed by atoms with van der Waals surface area (Å²) in [6.07, 6.45) is 0.667. The minimum absolute atomic E-state index is 0. The summed E-state index contributed by atoms with van der Waals surface area (Å²) in [5, 5.41) is 0. The highest BCUT2D eigenvalue weighted by atomic mass is 16.1. The molecule has 0 saturated heterocycles. The molecule has 0 aromatic carbocycles. The lowest BCUT2D eigenvalue weighted by Gasteiger charge is -2.05. The molecule has 1 nitrogen and oxygen atoms in total. The van der Waals surface area contributed by atoms with Gasteiger partial charge in [-0.15, -0.1) is 0 Å². The topological polar surface area (TPSA) is 17.1 Å². The van der Waals surface area contributed by atoms with Crippen LogP contribution in [0.5, 0.6) is 0 Å². The molecule has 0 aromatic heterocycles. The average molecular weight is 160 g/mol. The minimum atomic E-state index is 0. The highest BCUT2D eigenvalue weighted by molar-refractivity contribution is 5.74. The number of carbonyl (C=O) groups is 1. The van der Waals surface area contributed by atoms with Gasteiger partial charge in [0.25, 0.3) is 0 Å². The molecule has 0 spiro atoms. The van der Waals surface area contributed by atoms with Crippen molar-refractivity contribution in [3.63, 3.8) is 0 Å².